The van der Waals surface area contributed by atoms with Crippen LogP contribution in [0.3, 0.4) is 0 Å². The van der Waals surface area contributed by atoms with Crippen molar-refractivity contribution < 1.29 is 19.1 Å². The highest BCUT2D eigenvalue weighted by atomic mass is 16.6. The molecule has 0 aliphatic rings. The maximum Gasteiger partial charge on any atom is 0.261 e. The van der Waals surface area contributed by atoms with E-state index in [2.05, 4.69) is 34.7 Å². The number of fused-ring (bicyclic) bond motifs is 1. The average Bonchev–Trinajstić information content (AvgIpc) is 2.76. The van der Waals surface area contributed by atoms with E-state index in [4.69, 9.17) is 14.3 Å². The predicted molar refractivity (Wildman–Crippen MR) is 114 cm³/mol. The first-order valence-corrected chi connectivity index (χ1v) is 9.26. The Morgan fingerprint density at radius 3 is 2.59 bits per heavy atom. The Kier molecular flexibility index (Phi) is 6.68. The van der Waals surface area contributed by atoms with Crippen LogP contribution in [0.25, 0.3) is 10.8 Å². The zero-order valence-electron chi connectivity index (χ0n) is 16.7. The third-order valence-electron chi connectivity index (χ3n) is 4.55. The predicted octanol–water partition coefficient (Wildman–Crippen LogP) is 4.08. The number of oxime groups is 1. The third-order valence-corrected chi connectivity index (χ3v) is 4.55. The first-order valence-electron chi connectivity index (χ1n) is 9.26. The molecule has 0 radical (unpaired) electrons. The van der Waals surface area contributed by atoms with E-state index in [-0.39, 0.29) is 18.6 Å². The van der Waals surface area contributed by atoms with Crippen LogP contribution in [0.1, 0.15) is 24.1 Å². The Labute approximate surface area is 170 Å². The summed E-state index contributed by atoms with van der Waals surface area (Å²) >= 11 is 0. The number of rotatable bonds is 8. The molecule has 0 heterocycles. The average molecular weight is 392 g/mol. The molecule has 0 bridgehead atoms. The lowest BCUT2D eigenvalue weighted by Gasteiger charge is -2.14. The summed E-state index contributed by atoms with van der Waals surface area (Å²) in [7, 11) is 3.15. The molecule has 0 spiro atoms. The molecule has 0 aliphatic carbocycles. The molecule has 1 atom stereocenters. The maximum absolute atomic E-state index is 12.2. The van der Waals surface area contributed by atoms with E-state index in [9.17, 15) is 4.79 Å². The summed E-state index contributed by atoms with van der Waals surface area (Å²) in [5.41, 5.74) is 1.72. The van der Waals surface area contributed by atoms with Crippen molar-refractivity contribution in [1.29, 1.82) is 0 Å². The highest BCUT2D eigenvalue weighted by molar-refractivity contribution is 5.84. The monoisotopic (exact) mass is 392 g/mol. The molecule has 3 rings (SSSR count). The van der Waals surface area contributed by atoms with Crippen molar-refractivity contribution in [3.8, 4) is 11.5 Å². The maximum atomic E-state index is 12.2. The highest BCUT2D eigenvalue weighted by Crippen LogP contribution is 2.22. The van der Waals surface area contributed by atoms with Gasteiger partial charge in [-0.25, -0.2) is 0 Å². The smallest absolute Gasteiger partial charge is 0.261 e. The van der Waals surface area contributed by atoms with Gasteiger partial charge in [0, 0.05) is 5.56 Å². The van der Waals surface area contributed by atoms with E-state index < -0.39 is 0 Å². The Balaban J connectivity index is 1.54. The van der Waals surface area contributed by atoms with Gasteiger partial charge in [0.15, 0.2) is 6.61 Å². The summed E-state index contributed by atoms with van der Waals surface area (Å²) in [6.45, 7) is 1.76. The van der Waals surface area contributed by atoms with Crippen LogP contribution in [0, 0.1) is 0 Å². The molecule has 1 N–H and O–H groups in total. The van der Waals surface area contributed by atoms with Crippen molar-refractivity contribution in [3.63, 3.8) is 0 Å². The summed E-state index contributed by atoms with van der Waals surface area (Å²) in [4.78, 5) is 17.3. The second-order valence-corrected chi connectivity index (χ2v) is 6.51. The lowest BCUT2D eigenvalue weighted by Crippen LogP contribution is -2.29. The van der Waals surface area contributed by atoms with Crippen LogP contribution in [-0.4, -0.2) is 32.9 Å². The molecule has 29 heavy (non-hydrogen) atoms. The van der Waals surface area contributed by atoms with Crippen LogP contribution in [0.2, 0.25) is 0 Å². The zero-order chi connectivity index (χ0) is 20.6. The number of nitrogens with one attached hydrogen (secondary N) is 1. The van der Waals surface area contributed by atoms with Gasteiger partial charge in [0.2, 0.25) is 0 Å². The van der Waals surface area contributed by atoms with E-state index in [1.54, 1.807) is 32.4 Å². The van der Waals surface area contributed by atoms with Gasteiger partial charge >= 0.3 is 0 Å². The van der Waals surface area contributed by atoms with E-state index in [1.165, 1.54) is 11.6 Å². The molecule has 6 nitrogen and oxygen atoms in total. The number of carbonyl (C=O) groups excluding carboxylic acids is 1. The van der Waals surface area contributed by atoms with Gasteiger partial charge in [-0.3, -0.25) is 4.79 Å². The van der Waals surface area contributed by atoms with E-state index in [0.717, 1.165) is 10.9 Å². The first-order chi connectivity index (χ1) is 14.1. The molecule has 0 saturated carbocycles. The fourth-order valence-corrected chi connectivity index (χ4v) is 2.97. The van der Waals surface area contributed by atoms with Crippen LogP contribution in [0.15, 0.2) is 65.8 Å². The van der Waals surface area contributed by atoms with Gasteiger partial charge in [-0.2, -0.15) is 0 Å². The van der Waals surface area contributed by atoms with Gasteiger partial charge in [-0.15, -0.1) is 0 Å². The topological polar surface area (TPSA) is 69.1 Å². The van der Waals surface area contributed by atoms with Crippen LogP contribution in [-0.2, 0) is 9.63 Å². The molecule has 1 unspecified atom stereocenters. The summed E-state index contributed by atoms with van der Waals surface area (Å²) < 4.78 is 10.5. The van der Waals surface area contributed by atoms with Crippen molar-refractivity contribution >= 4 is 22.9 Å². The Hall–Kier alpha value is -3.54. The number of benzene rings is 3. The number of amides is 1. The van der Waals surface area contributed by atoms with Crippen LogP contribution in [0.4, 0.5) is 0 Å². The fraction of sp³-hybridized carbons (Fsp3) is 0.217. The Bertz CT molecular complexity index is 1020. The quantitative estimate of drug-likeness (QED) is 0.463. The van der Waals surface area contributed by atoms with Crippen molar-refractivity contribution in [2.75, 3.05) is 20.8 Å². The van der Waals surface area contributed by atoms with Crippen molar-refractivity contribution in [3.05, 3.63) is 71.8 Å². The third kappa shape index (κ3) is 5.25. The molecule has 0 saturated heterocycles. The lowest BCUT2D eigenvalue weighted by molar-refractivity contribution is -0.126. The standard InChI is InChI=1S/C23H24N2O4/c1-16(18-9-8-17-6-4-5-7-19(17)12-18)25-23(26)15-29-24-14-20-13-21(27-2)10-11-22(20)28-3/h4-14,16H,15H2,1-3H3,(H,25,26)/b24-14+. The van der Waals surface area contributed by atoms with Crippen LogP contribution < -0.4 is 14.8 Å². The van der Waals surface area contributed by atoms with Gasteiger partial charge in [-0.05, 0) is 47.5 Å². The van der Waals surface area contributed by atoms with Gasteiger partial charge in [0.25, 0.3) is 5.91 Å². The number of hydrogen-bond donors (Lipinski definition) is 1. The van der Waals surface area contributed by atoms with E-state index in [1.807, 2.05) is 25.1 Å². The lowest BCUT2D eigenvalue weighted by atomic mass is 10.0. The molecular weight excluding hydrogens is 368 g/mol. The van der Waals surface area contributed by atoms with Gasteiger partial charge in [0.05, 0.1) is 26.5 Å². The van der Waals surface area contributed by atoms with Crippen molar-refractivity contribution in [2.45, 2.75) is 13.0 Å². The van der Waals surface area contributed by atoms with Crippen LogP contribution in [0.5, 0.6) is 11.5 Å². The van der Waals surface area contributed by atoms with Gasteiger partial charge < -0.3 is 19.6 Å². The normalized spacial score (nSPS) is 12.0. The fourth-order valence-electron chi connectivity index (χ4n) is 2.97. The Morgan fingerprint density at radius 2 is 1.83 bits per heavy atom. The molecule has 3 aromatic rings. The molecular formula is C23H24N2O4. The van der Waals surface area contributed by atoms with E-state index in [0.29, 0.717) is 17.1 Å². The van der Waals surface area contributed by atoms with E-state index >= 15 is 0 Å². The number of methoxy groups -OCH3 is 2. The van der Waals surface area contributed by atoms with Crippen LogP contribution >= 0.6 is 0 Å². The molecule has 0 fully saturated rings. The first kappa shape index (κ1) is 20.2. The second-order valence-electron chi connectivity index (χ2n) is 6.51. The minimum Gasteiger partial charge on any atom is -0.497 e. The summed E-state index contributed by atoms with van der Waals surface area (Å²) in [6.07, 6.45) is 1.49. The largest absolute Gasteiger partial charge is 0.497 e. The summed E-state index contributed by atoms with van der Waals surface area (Å²) in [5.74, 6) is 1.06. The number of carbonyl (C=O) groups is 1. The molecule has 0 aromatic heterocycles. The van der Waals surface area contributed by atoms with Gasteiger partial charge in [-0.1, -0.05) is 41.6 Å². The van der Waals surface area contributed by atoms with Gasteiger partial charge in [0.1, 0.15) is 11.5 Å². The number of nitrogens with zero attached hydrogens (tertiary/aromatic N) is 1. The number of hydrogen-bond acceptors (Lipinski definition) is 5. The minimum absolute atomic E-state index is 0.141. The molecule has 1 amide bonds. The molecule has 3 aromatic carbocycles. The SMILES string of the molecule is COc1ccc(OC)c(/C=N/OCC(=O)NC(C)c2ccc3ccccc3c2)c1. The number of ether oxygens (including phenoxy) is 2. The molecule has 150 valence electrons. The zero-order valence-corrected chi connectivity index (χ0v) is 16.7. The minimum atomic E-state index is -0.250. The summed E-state index contributed by atoms with van der Waals surface area (Å²) in [5, 5.41) is 9.09. The molecule has 0 aliphatic heterocycles. The van der Waals surface area contributed by atoms with Crippen molar-refractivity contribution in [1.82, 2.24) is 5.32 Å². The molecule has 6 heteroatoms. The Morgan fingerprint density at radius 1 is 1.03 bits per heavy atom. The summed E-state index contributed by atoms with van der Waals surface area (Å²) in [6, 6.07) is 19.5. The van der Waals surface area contributed by atoms with Crippen molar-refractivity contribution in [2.24, 2.45) is 5.16 Å². The second kappa shape index (κ2) is 9.59. The highest BCUT2D eigenvalue weighted by Gasteiger charge is 2.10.